The Bertz CT molecular complexity index is 1080. The first kappa shape index (κ1) is 20.6. The molecular weight excluding hydrogens is 395 g/mol. The number of halogens is 1. The lowest BCUT2D eigenvalue weighted by atomic mass is 10.1. The molecular formula is C25H23FN2O3. The number of nitrogens with zero attached hydrogens (tertiary/aromatic N) is 1. The highest BCUT2D eigenvalue weighted by Gasteiger charge is 2.20. The number of carbonyl (C=O) groups excluding carboxylic acids is 2. The summed E-state index contributed by atoms with van der Waals surface area (Å²) < 4.78 is 18.8. The highest BCUT2D eigenvalue weighted by Crippen LogP contribution is 2.20. The van der Waals surface area contributed by atoms with Crippen molar-refractivity contribution in [1.82, 2.24) is 4.90 Å². The second kappa shape index (κ2) is 9.43. The lowest BCUT2D eigenvalue weighted by Gasteiger charge is -2.16. The Hall–Kier alpha value is -3.67. The summed E-state index contributed by atoms with van der Waals surface area (Å²) in [5.41, 5.74) is 2.92. The van der Waals surface area contributed by atoms with Crippen LogP contribution in [0, 0.1) is 5.82 Å². The zero-order chi connectivity index (χ0) is 21.6. The van der Waals surface area contributed by atoms with Crippen molar-refractivity contribution in [3.63, 3.8) is 0 Å². The van der Waals surface area contributed by atoms with Gasteiger partial charge in [0.1, 0.15) is 18.2 Å². The van der Waals surface area contributed by atoms with Crippen molar-refractivity contribution >= 4 is 17.5 Å². The van der Waals surface area contributed by atoms with Crippen LogP contribution in [0.1, 0.15) is 34.3 Å². The zero-order valence-corrected chi connectivity index (χ0v) is 17.0. The fourth-order valence-electron chi connectivity index (χ4n) is 3.52. The van der Waals surface area contributed by atoms with Crippen molar-refractivity contribution in [3.05, 3.63) is 95.3 Å². The van der Waals surface area contributed by atoms with Gasteiger partial charge in [-0.2, -0.15) is 0 Å². The second-order valence-corrected chi connectivity index (χ2v) is 7.52. The van der Waals surface area contributed by atoms with Gasteiger partial charge in [0.05, 0.1) is 0 Å². The van der Waals surface area contributed by atoms with Gasteiger partial charge in [-0.25, -0.2) is 4.39 Å². The van der Waals surface area contributed by atoms with E-state index in [2.05, 4.69) is 5.32 Å². The number of benzene rings is 3. The molecule has 158 valence electrons. The van der Waals surface area contributed by atoms with E-state index in [1.165, 1.54) is 12.1 Å². The monoisotopic (exact) mass is 418 g/mol. The Kier molecular flexibility index (Phi) is 6.26. The van der Waals surface area contributed by atoms with Crippen molar-refractivity contribution < 1.29 is 18.7 Å². The minimum atomic E-state index is -0.287. The molecule has 1 heterocycles. The summed E-state index contributed by atoms with van der Waals surface area (Å²) in [7, 11) is 0. The Morgan fingerprint density at radius 3 is 2.58 bits per heavy atom. The summed E-state index contributed by atoms with van der Waals surface area (Å²) in [6, 6.07) is 20.6. The number of nitrogens with one attached hydrogen (secondary N) is 1. The smallest absolute Gasteiger partial charge is 0.255 e. The summed E-state index contributed by atoms with van der Waals surface area (Å²) in [5.74, 6) is 0.241. The van der Waals surface area contributed by atoms with Crippen LogP contribution >= 0.6 is 0 Å². The molecule has 0 atom stereocenters. The molecule has 6 heteroatoms. The van der Waals surface area contributed by atoms with Gasteiger partial charge in [0, 0.05) is 36.8 Å². The lowest BCUT2D eigenvalue weighted by Crippen LogP contribution is -2.24. The van der Waals surface area contributed by atoms with Gasteiger partial charge >= 0.3 is 0 Å². The number of ether oxygens (including phenoxy) is 1. The van der Waals surface area contributed by atoms with Gasteiger partial charge in [-0.1, -0.05) is 30.3 Å². The van der Waals surface area contributed by atoms with Gasteiger partial charge in [0.25, 0.3) is 5.91 Å². The number of rotatable bonds is 7. The molecule has 0 radical (unpaired) electrons. The quantitative estimate of drug-likeness (QED) is 0.601. The molecule has 0 spiro atoms. The number of hydrogen-bond acceptors (Lipinski definition) is 3. The van der Waals surface area contributed by atoms with Crippen LogP contribution in [-0.4, -0.2) is 23.3 Å². The van der Waals surface area contributed by atoms with Crippen LogP contribution in [0.2, 0.25) is 0 Å². The zero-order valence-electron chi connectivity index (χ0n) is 17.0. The average Bonchev–Trinajstić information content (AvgIpc) is 3.18. The first-order valence-electron chi connectivity index (χ1n) is 10.2. The van der Waals surface area contributed by atoms with Gasteiger partial charge in [0.15, 0.2) is 0 Å². The van der Waals surface area contributed by atoms with E-state index in [9.17, 15) is 14.0 Å². The maximum Gasteiger partial charge on any atom is 0.255 e. The summed E-state index contributed by atoms with van der Waals surface area (Å²) in [5, 5.41) is 2.88. The van der Waals surface area contributed by atoms with E-state index >= 15 is 0 Å². The minimum absolute atomic E-state index is 0.160. The van der Waals surface area contributed by atoms with Crippen LogP contribution in [-0.2, 0) is 17.9 Å². The van der Waals surface area contributed by atoms with Crippen LogP contribution in [0.25, 0.3) is 0 Å². The summed E-state index contributed by atoms with van der Waals surface area (Å²) >= 11 is 0. The van der Waals surface area contributed by atoms with E-state index in [-0.39, 0.29) is 17.6 Å². The number of amides is 2. The van der Waals surface area contributed by atoms with Crippen molar-refractivity contribution in [2.75, 3.05) is 11.9 Å². The number of carbonyl (C=O) groups is 2. The standard InChI is InChI=1S/C25H23FN2O3/c26-21-11-9-18(10-12-21)17-31-23-7-2-6-22(15-23)27-25(30)20-5-1-4-19(14-20)16-28-13-3-8-24(28)29/h1-2,4-7,9-12,14-15H,3,8,13,16-17H2,(H,27,30). The number of anilines is 1. The minimum Gasteiger partial charge on any atom is -0.489 e. The molecule has 1 N–H and O–H groups in total. The molecule has 2 amide bonds. The fraction of sp³-hybridized carbons (Fsp3) is 0.200. The van der Waals surface area contributed by atoms with Gasteiger partial charge < -0.3 is 15.0 Å². The topological polar surface area (TPSA) is 58.6 Å². The van der Waals surface area contributed by atoms with Gasteiger partial charge in [0.2, 0.25) is 5.91 Å². The van der Waals surface area contributed by atoms with Crippen LogP contribution in [0.5, 0.6) is 5.75 Å². The first-order chi connectivity index (χ1) is 15.1. The Morgan fingerprint density at radius 1 is 1.00 bits per heavy atom. The highest BCUT2D eigenvalue weighted by atomic mass is 19.1. The van der Waals surface area contributed by atoms with Crippen molar-refractivity contribution in [2.45, 2.75) is 26.0 Å². The molecule has 3 aromatic rings. The highest BCUT2D eigenvalue weighted by molar-refractivity contribution is 6.04. The fourth-order valence-corrected chi connectivity index (χ4v) is 3.52. The van der Waals surface area contributed by atoms with E-state index < -0.39 is 0 Å². The van der Waals surface area contributed by atoms with Crippen molar-refractivity contribution in [3.8, 4) is 5.75 Å². The molecule has 1 saturated heterocycles. The molecule has 1 fully saturated rings. The van der Waals surface area contributed by atoms with E-state index in [1.54, 1.807) is 42.5 Å². The molecule has 0 unspecified atom stereocenters. The second-order valence-electron chi connectivity index (χ2n) is 7.52. The van der Waals surface area contributed by atoms with Crippen LogP contribution in [0.3, 0.4) is 0 Å². The largest absolute Gasteiger partial charge is 0.489 e. The molecule has 0 bridgehead atoms. The summed E-state index contributed by atoms with van der Waals surface area (Å²) in [6.45, 7) is 1.58. The third-order valence-corrected chi connectivity index (χ3v) is 5.14. The Labute approximate surface area is 180 Å². The van der Waals surface area contributed by atoms with Crippen molar-refractivity contribution in [1.29, 1.82) is 0 Å². The average molecular weight is 418 g/mol. The van der Waals surface area contributed by atoms with Gasteiger partial charge in [-0.05, 0) is 53.9 Å². The van der Waals surface area contributed by atoms with Gasteiger partial charge in [-0.3, -0.25) is 9.59 Å². The SMILES string of the molecule is O=C(Nc1cccc(OCc2ccc(F)cc2)c1)c1cccc(CN2CCCC2=O)c1. The maximum absolute atomic E-state index is 13.0. The maximum atomic E-state index is 13.0. The van der Waals surface area contributed by atoms with E-state index in [0.717, 1.165) is 24.1 Å². The molecule has 31 heavy (non-hydrogen) atoms. The molecule has 0 saturated carbocycles. The lowest BCUT2D eigenvalue weighted by molar-refractivity contribution is -0.128. The molecule has 1 aliphatic rings. The van der Waals surface area contributed by atoms with Crippen LogP contribution < -0.4 is 10.1 Å². The van der Waals surface area contributed by atoms with E-state index in [1.807, 2.05) is 23.1 Å². The predicted octanol–water partition coefficient (Wildman–Crippen LogP) is 4.78. The van der Waals surface area contributed by atoms with E-state index in [0.29, 0.717) is 36.6 Å². The van der Waals surface area contributed by atoms with Crippen LogP contribution in [0.15, 0.2) is 72.8 Å². The normalized spacial score (nSPS) is 13.3. The van der Waals surface area contributed by atoms with Crippen LogP contribution in [0.4, 0.5) is 10.1 Å². The molecule has 5 nitrogen and oxygen atoms in total. The number of hydrogen-bond donors (Lipinski definition) is 1. The number of likely N-dealkylation sites (tertiary alicyclic amines) is 1. The third-order valence-electron chi connectivity index (χ3n) is 5.14. The van der Waals surface area contributed by atoms with Gasteiger partial charge in [-0.15, -0.1) is 0 Å². The van der Waals surface area contributed by atoms with E-state index in [4.69, 9.17) is 4.74 Å². The first-order valence-corrected chi connectivity index (χ1v) is 10.2. The molecule has 1 aliphatic heterocycles. The third kappa shape index (κ3) is 5.48. The Balaban J connectivity index is 1.38. The summed E-state index contributed by atoms with van der Waals surface area (Å²) in [4.78, 5) is 26.4. The Morgan fingerprint density at radius 2 is 1.81 bits per heavy atom. The van der Waals surface area contributed by atoms with Crippen molar-refractivity contribution in [2.24, 2.45) is 0 Å². The molecule has 0 aliphatic carbocycles. The molecule has 3 aromatic carbocycles. The predicted molar refractivity (Wildman–Crippen MR) is 116 cm³/mol. The molecule has 0 aromatic heterocycles. The summed E-state index contributed by atoms with van der Waals surface area (Å²) in [6.07, 6.45) is 1.48. The molecule has 4 rings (SSSR count).